The van der Waals surface area contributed by atoms with Crippen molar-refractivity contribution in [1.29, 1.82) is 0 Å². The van der Waals surface area contributed by atoms with Gasteiger partial charge in [-0.2, -0.15) is 13.2 Å². The van der Waals surface area contributed by atoms with Crippen LogP contribution < -0.4 is 0 Å². The van der Waals surface area contributed by atoms with Gasteiger partial charge < -0.3 is 5.11 Å². The third kappa shape index (κ3) is 4.47. The second-order valence-corrected chi connectivity index (χ2v) is 3.24. The summed E-state index contributed by atoms with van der Waals surface area (Å²) in [5.74, 6) is 0. The van der Waals surface area contributed by atoms with Gasteiger partial charge in [0.2, 0.25) is 0 Å². The molecule has 0 spiro atoms. The van der Waals surface area contributed by atoms with Crippen molar-refractivity contribution in [2.45, 2.75) is 39.1 Å². The summed E-state index contributed by atoms with van der Waals surface area (Å²) in [7, 11) is 0. The van der Waals surface area contributed by atoms with Gasteiger partial charge in [-0.1, -0.05) is 6.92 Å². The Morgan fingerprint density at radius 3 is 2.00 bits per heavy atom. The zero-order chi connectivity index (χ0) is 10.6. The van der Waals surface area contributed by atoms with Crippen molar-refractivity contribution in [2.24, 2.45) is 0 Å². The molecule has 5 heteroatoms. The third-order valence-electron chi connectivity index (χ3n) is 1.92. The van der Waals surface area contributed by atoms with Crippen LogP contribution in [0.4, 0.5) is 13.2 Å². The minimum Gasteiger partial charge on any atom is -0.382 e. The molecule has 2 nitrogen and oxygen atoms in total. The molecule has 0 saturated carbocycles. The maximum absolute atomic E-state index is 11.9. The Balaban J connectivity index is 4.09. The molecule has 1 N–H and O–H groups in total. The van der Waals surface area contributed by atoms with Gasteiger partial charge >= 0.3 is 6.18 Å². The number of halogens is 3. The Kier molecular flexibility index (Phi) is 4.70. The first kappa shape index (κ1) is 12.7. The average Bonchev–Trinajstić information content (AvgIpc) is 1.96. The number of nitrogens with zero attached hydrogens (tertiary/aromatic N) is 1. The highest BCUT2D eigenvalue weighted by Gasteiger charge is 2.39. The largest absolute Gasteiger partial charge is 0.415 e. The first-order chi connectivity index (χ1) is 5.79. The summed E-state index contributed by atoms with van der Waals surface area (Å²) < 4.78 is 35.8. The number of rotatable bonds is 4. The van der Waals surface area contributed by atoms with E-state index in [4.69, 9.17) is 5.11 Å². The van der Waals surface area contributed by atoms with E-state index in [1.54, 1.807) is 25.7 Å². The van der Waals surface area contributed by atoms with Gasteiger partial charge in [-0.05, 0) is 20.4 Å². The lowest BCUT2D eigenvalue weighted by molar-refractivity contribution is -0.209. The van der Waals surface area contributed by atoms with E-state index in [-0.39, 0.29) is 12.6 Å². The van der Waals surface area contributed by atoms with Crippen LogP contribution in [0.2, 0.25) is 0 Å². The highest BCUT2D eigenvalue weighted by Crippen LogP contribution is 2.21. The fourth-order valence-corrected chi connectivity index (χ4v) is 1.03. The van der Waals surface area contributed by atoms with Crippen LogP contribution in [0.3, 0.4) is 0 Å². The van der Waals surface area contributed by atoms with Crippen molar-refractivity contribution in [2.75, 3.05) is 13.1 Å². The molecule has 0 aliphatic carbocycles. The van der Waals surface area contributed by atoms with Gasteiger partial charge in [0.05, 0.1) is 0 Å². The second-order valence-electron chi connectivity index (χ2n) is 3.24. The first-order valence-electron chi connectivity index (χ1n) is 4.27. The highest BCUT2D eigenvalue weighted by molar-refractivity contribution is 4.72. The van der Waals surface area contributed by atoms with Gasteiger partial charge in [0.15, 0.2) is 6.10 Å². The van der Waals surface area contributed by atoms with E-state index < -0.39 is 12.3 Å². The number of likely N-dealkylation sites (N-methyl/N-ethyl adjacent to an activating group) is 1. The van der Waals surface area contributed by atoms with E-state index in [2.05, 4.69) is 0 Å². The fraction of sp³-hybridized carbons (Fsp3) is 1.00. The van der Waals surface area contributed by atoms with Crippen molar-refractivity contribution in [3.05, 3.63) is 0 Å². The smallest absolute Gasteiger partial charge is 0.382 e. The normalized spacial score (nSPS) is 15.5. The van der Waals surface area contributed by atoms with Gasteiger partial charge in [-0.3, -0.25) is 4.90 Å². The minimum absolute atomic E-state index is 0.0157. The molecule has 0 bridgehead atoms. The molecule has 0 aliphatic heterocycles. The molecule has 0 aromatic carbocycles. The Hall–Kier alpha value is -0.290. The zero-order valence-electron chi connectivity index (χ0n) is 8.10. The molecule has 0 aromatic heterocycles. The van der Waals surface area contributed by atoms with Crippen LogP contribution in [0.5, 0.6) is 0 Å². The summed E-state index contributed by atoms with van der Waals surface area (Å²) in [6.45, 7) is 5.52. The number of aliphatic hydroxyl groups is 1. The molecule has 80 valence electrons. The van der Waals surface area contributed by atoms with Crippen molar-refractivity contribution in [1.82, 2.24) is 4.90 Å². The molecule has 13 heavy (non-hydrogen) atoms. The van der Waals surface area contributed by atoms with Crippen molar-refractivity contribution in [3.63, 3.8) is 0 Å². The topological polar surface area (TPSA) is 23.5 Å². The second kappa shape index (κ2) is 4.81. The van der Waals surface area contributed by atoms with Crippen LogP contribution in [-0.2, 0) is 0 Å². The number of hydrogen-bond donors (Lipinski definition) is 1. The predicted octanol–water partition coefficient (Wildman–Crippen LogP) is 1.64. The van der Waals surface area contributed by atoms with E-state index >= 15 is 0 Å². The molecule has 0 amide bonds. The fourth-order valence-electron chi connectivity index (χ4n) is 1.03. The number of alkyl halides is 3. The molecule has 1 unspecified atom stereocenters. The van der Waals surface area contributed by atoms with E-state index in [1.807, 2.05) is 0 Å². The lowest BCUT2D eigenvalue weighted by atomic mass is 10.2. The summed E-state index contributed by atoms with van der Waals surface area (Å²) in [5.41, 5.74) is 0. The van der Waals surface area contributed by atoms with E-state index in [0.717, 1.165) is 0 Å². The molecule has 0 saturated heterocycles. The molecule has 0 aromatic rings. The maximum Gasteiger partial charge on any atom is 0.415 e. The summed E-state index contributed by atoms with van der Waals surface area (Å²) in [4.78, 5) is 1.57. The molecule has 0 fully saturated rings. The zero-order valence-corrected chi connectivity index (χ0v) is 8.10. The molecule has 0 aliphatic rings. The molecular formula is C8H16F3NO. The van der Waals surface area contributed by atoms with Crippen molar-refractivity contribution < 1.29 is 18.3 Å². The molecule has 0 rings (SSSR count). The average molecular weight is 199 g/mol. The molecule has 0 heterocycles. The number of aliphatic hydroxyl groups excluding tert-OH is 1. The monoisotopic (exact) mass is 199 g/mol. The highest BCUT2D eigenvalue weighted by atomic mass is 19.4. The molecular weight excluding hydrogens is 183 g/mol. The predicted molar refractivity (Wildman–Crippen MR) is 44.4 cm³/mol. The van der Waals surface area contributed by atoms with Gasteiger partial charge in [0.25, 0.3) is 0 Å². The Bertz CT molecular complexity index is 147. The lowest BCUT2D eigenvalue weighted by Crippen LogP contribution is -2.43. The van der Waals surface area contributed by atoms with Gasteiger partial charge in [0.1, 0.15) is 0 Å². The van der Waals surface area contributed by atoms with Crippen LogP contribution in [-0.4, -0.2) is 41.4 Å². The maximum atomic E-state index is 11.9. The summed E-state index contributed by atoms with van der Waals surface area (Å²) in [6.07, 6.45) is -6.75. The number of hydrogen-bond acceptors (Lipinski definition) is 2. The van der Waals surface area contributed by atoms with Crippen LogP contribution in [0.25, 0.3) is 0 Å². The Labute approximate surface area is 76.3 Å². The standard InChI is InChI=1S/C8H16F3NO/c1-4-12(6(2)3)5-7(13)8(9,10)11/h6-7,13H,4-5H2,1-3H3. The van der Waals surface area contributed by atoms with Crippen LogP contribution in [0, 0.1) is 0 Å². The van der Waals surface area contributed by atoms with Gasteiger partial charge in [-0.25, -0.2) is 0 Å². The van der Waals surface area contributed by atoms with Crippen molar-refractivity contribution >= 4 is 0 Å². The van der Waals surface area contributed by atoms with Gasteiger partial charge in [0, 0.05) is 12.6 Å². The molecule has 1 atom stereocenters. The van der Waals surface area contributed by atoms with E-state index in [0.29, 0.717) is 6.54 Å². The van der Waals surface area contributed by atoms with E-state index in [1.165, 1.54) is 0 Å². The van der Waals surface area contributed by atoms with Gasteiger partial charge in [-0.15, -0.1) is 0 Å². The Morgan fingerprint density at radius 1 is 1.31 bits per heavy atom. The Morgan fingerprint density at radius 2 is 1.77 bits per heavy atom. The van der Waals surface area contributed by atoms with Crippen LogP contribution >= 0.6 is 0 Å². The summed E-state index contributed by atoms with van der Waals surface area (Å²) >= 11 is 0. The summed E-state index contributed by atoms with van der Waals surface area (Å²) in [6, 6.07) is 0.0157. The van der Waals surface area contributed by atoms with Crippen molar-refractivity contribution in [3.8, 4) is 0 Å². The molecule has 0 radical (unpaired) electrons. The van der Waals surface area contributed by atoms with Crippen LogP contribution in [0.15, 0.2) is 0 Å². The first-order valence-corrected chi connectivity index (χ1v) is 4.27. The quantitative estimate of drug-likeness (QED) is 0.744. The van der Waals surface area contributed by atoms with E-state index in [9.17, 15) is 13.2 Å². The third-order valence-corrected chi connectivity index (χ3v) is 1.92. The van der Waals surface area contributed by atoms with Crippen LogP contribution in [0.1, 0.15) is 20.8 Å². The SMILES string of the molecule is CCN(CC(O)C(F)(F)F)C(C)C. The summed E-state index contributed by atoms with van der Waals surface area (Å²) in [5, 5.41) is 8.77. The minimum atomic E-state index is -4.51. The lowest BCUT2D eigenvalue weighted by Gasteiger charge is -2.27.